The second kappa shape index (κ2) is 5.92. The van der Waals surface area contributed by atoms with Crippen LogP contribution in [0.3, 0.4) is 0 Å². The van der Waals surface area contributed by atoms with E-state index in [0.29, 0.717) is 11.7 Å². The highest BCUT2D eigenvalue weighted by atomic mass is 127. The van der Waals surface area contributed by atoms with Gasteiger partial charge in [0.05, 0.1) is 4.88 Å². The molecule has 0 aliphatic carbocycles. The molecule has 3 aromatic rings. The Kier molecular flexibility index (Phi) is 4.02. The highest BCUT2D eigenvalue weighted by Crippen LogP contribution is 2.24. The Morgan fingerprint density at radius 2 is 2.20 bits per heavy atom. The van der Waals surface area contributed by atoms with Crippen LogP contribution in [0, 0.1) is 3.57 Å². The third-order valence-electron chi connectivity index (χ3n) is 2.76. The summed E-state index contributed by atoms with van der Waals surface area (Å²) in [4.78, 5) is 5.45. The number of benzene rings is 1. The minimum atomic E-state index is -0.0330. The molecule has 1 aromatic carbocycles. The van der Waals surface area contributed by atoms with Crippen molar-refractivity contribution >= 4 is 39.6 Å². The van der Waals surface area contributed by atoms with Crippen LogP contribution in [0.15, 0.2) is 46.3 Å². The molecule has 1 unspecified atom stereocenters. The van der Waals surface area contributed by atoms with Crippen molar-refractivity contribution in [3.05, 3.63) is 51.2 Å². The summed E-state index contributed by atoms with van der Waals surface area (Å²) in [5.41, 5.74) is 1.04. The number of rotatable bonds is 4. The van der Waals surface area contributed by atoms with Crippen LogP contribution >= 0.6 is 33.9 Å². The molecule has 0 fully saturated rings. The van der Waals surface area contributed by atoms with Crippen LogP contribution in [0.1, 0.15) is 18.9 Å². The molecular weight excluding hydrogens is 385 g/mol. The van der Waals surface area contributed by atoms with Crippen molar-refractivity contribution < 1.29 is 4.52 Å². The van der Waals surface area contributed by atoms with Crippen molar-refractivity contribution in [2.24, 2.45) is 0 Å². The zero-order valence-corrected chi connectivity index (χ0v) is 13.7. The van der Waals surface area contributed by atoms with Gasteiger partial charge in [-0.2, -0.15) is 4.98 Å². The average molecular weight is 397 g/mol. The van der Waals surface area contributed by atoms with Crippen molar-refractivity contribution in [1.29, 1.82) is 0 Å². The van der Waals surface area contributed by atoms with E-state index in [0.717, 1.165) is 10.6 Å². The second-order valence-corrected chi connectivity index (χ2v) is 6.50. The van der Waals surface area contributed by atoms with Crippen LogP contribution in [0.4, 0.5) is 5.69 Å². The van der Waals surface area contributed by atoms with E-state index in [2.05, 4.69) is 50.2 Å². The first-order chi connectivity index (χ1) is 9.72. The van der Waals surface area contributed by atoms with Gasteiger partial charge in [-0.15, -0.1) is 11.3 Å². The quantitative estimate of drug-likeness (QED) is 0.655. The van der Waals surface area contributed by atoms with E-state index >= 15 is 0 Å². The standard InChI is InChI=1S/C14H12IN3OS/c1-9(16-11-5-2-4-10(15)8-11)14-17-13(18-19-14)12-6-3-7-20-12/h2-9,16H,1H3. The van der Waals surface area contributed by atoms with Crippen molar-refractivity contribution in [1.82, 2.24) is 10.1 Å². The van der Waals surface area contributed by atoms with Gasteiger partial charge in [0.1, 0.15) is 6.04 Å². The molecule has 20 heavy (non-hydrogen) atoms. The fraction of sp³-hybridized carbons (Fsp3) is 0.143. The Labute approximate surface area is 134 Å². The van der Waals surface area contributed by atoms with Gasteiger partial charge < -0.3 is 9.84 Å². The van der Waals surface area contributed by atoms with Gasteiger partial charge in [-0.05, 0) is 59.2 Å². The van der Waals surface area contributed by atoms with E-state index in [9.17, 15) is 0 Å². The zero-order valence-electron chi connectivity index (χ0n) is 10.7. The minimum Gasteiger partial charge on any atom is -0.374 e. The Morgan fingerprint density at radius 1 is 1.30 bits per heavy atom. The van der Waals surface area contributed by atoms with E-state index in [1.807, 2.05) is 36.6 Å². The molecule has 0 saturated heterocycles. The predicted octanol–water partition coefficient (Wildman–Crippen LogP) is 4.58. The van der Waals surface area contributed by atoms with Crippen molar-refractivity contribution in [2.45, 2.75) is 13.0 Å². The number of nitrogens with one attached hydrogen (secondary N) is 1. The Bertz CT molecular complexity index is 696. The smallest absolute Gasteiger partial charge is 0.249 e. The monoisotopic (exact) mass is 397 g/mol. The lowest BCUT2D eigenvalue weighted by Gasteiger charge is -2.11. The summed E-state index contributed by atoms with van der Waals surface area (Å²) in [5, 5.41) is 9.38. The summed E-state index contributed by atoms with van der Waals surface area (Å²) in [6.07, 6.45) is 0. The highest BCUT2D eigenvalue weighted by molar-refractivity contribution is 14.1. The molecule has 1 N–H and O–H groups in total. The maximum atomic E-state index is 5.33. The number of anilines is 1. The SMILES string of the molecule is CC(Nc1cccc(I)c1)c1nc(-c2cccs2)no1. The lowest BCUT2D eigenvalue weighted by molar-refractivity contribution is 0.368. The number of thiophene rings is 1. The number of halogens is 1. The molecule has 0 amide bonds. The second-order valence-electron chi connectivity index (χ2n) is 4.31. The van der Waals surface area contributed by atoms with Gasteiger partial charge >= 0.3 is 0 Å². The molecule has 0 aliphatic heterocycles. The van der Waals surface area contributed by atoms with Gasteiger partial charge in [0.15, 0.2) is 0 Å². The van der Waals surface area contributed by atoms with Gasteiger partial charge in [0, 0.05) is 9.26 Å². The largest absolute Gasteiger partial charge is 0.374 e. The van der Waals surface area contributed by atoms with Crippen LogP contribution in [0.2, 0.25) is 0 Å². The molecule has 0 saturated carbocycles. The Morgan fingerprint density at radius 3 is 2.95 bits per heavy atom. The van der Waals surface area contributed by atoms with E-state index in [1.165, 1.54) is 3.57 Å². The molecule has 2 heterocycles. The molecule has 0 radical (unpaired) electrons. The molecule has 0 aliphatic rings. The first-order valence-corrected chi connectivity index (χ1v) is 8.08. The van der Waals surface area contributed by atoms with Crippen LogP contribution in [0.25, 0.3) is 10.7 Å². The summed E-state index contributed by atoms with van der Waals surface area (Å²) in [6.45, 7) is 2.01. The van der Waals surface area contributed by atoms with E-state index in [1.54, 1.807) is 11.3 Å². The van der Waals surface area contributed by atoms with Crippen molar-refractivity contribution in [2.75, 3.05) is 5.32 Å². The lowest BCUT2D eigenvalue weighted by atomic mass is 10.2. The minimum absolute atomic E-state index is 0.0330. The summed E-state index contributed by atoms with van der Waals surface area (Å²) in [7, 11) is 0. The molecule has 1 atom stereocenters. The predicted molar refractivity (Wildman–Crippen MR) is 88.8 cm³/mol. The van der Waals surface area contributed by atoms with E-state index in [4.69, 9.17) is 4.52 Å². The van der Waals surface area contributed by atoms with Crippen molar-refractivity contribution in [3.63, 3.8) is 0 Å². The lowest BCUT2D eigenvalue weighted by Crippen LogP contribution is -2.07. The number of hydrogen-bond acceptors (Lipinski definition) is 5. The van der Waals surface area contributed by atoms with Gasteiger partial charge in [0.25, 0.3) is 0 Å². The molecule has 2 aromatic heterocycles. The Balaban J connectivity index is 1.76. The van der Waals surface area contributed by atoms with Crippen LogP contribution in [0.5, 0.6) is 0 Å². The topological polar surface area (TPSA) is 51.0 Å². The van der Waals surface area contributed by atoms with Crippen molar-refractivity contribution in [3.8, 4) is 10.7 Å². The van der Waals surface area contributed by atoms with E-state index < -0.39 is 0 Å². The first kappa shape index (κ1) is 13.6. The fourth-order valence-electron chi connectivity index (χ4n) is 1.81. The van der Waals surface area contributed by atoms with Crippen LogP contribution in [-0.2, 0) is 0 Å². The van der Waals surface area contributed by atoms with E-state index in [-0.39, 0.29) is 6.04 Å². The van der Waals surface area contributed by atoms with Gasteiger partial charge in [0.2, 0.25) is 11.7 Å². The number of nitrogens with zero attached hydrogens (tertiary/aromatic N) is 2. The third kappa shape index (κ3) is 3.01. The summed E-state index contributed by atoms with van der Waals surface area (Å²) in [6, 6.07) is 12.1. The maximum absolute atomic E-state index is 5.33. The molecule has 0 bridgehead atoms. The Hall–Kier alpha value is -1.41. The van der Waals surface area contributed by atoms with Gasteiger partial charge in [-0.1, -0.05) is 17.3 Å². The molecule has 3 rings (SSSR count). The normalized spacial score (nSPS) is 12.3. The first-order valence-electron chi connectivity index (χ1n) is 6.12. The van der Waals surface area contributed by atoms with Gasteiger partial charge in [-0.25, -0.2) is 0 Å². The maximum Gasteiger partial charge on any atom is 0.249 e. The summed E-state index contributed by atoms with van der Waals surface area (Å²) in [5.74, 6) is 1.23. The molecule has 0 spiro atoms. The molecule has 6 heteroatoms. The number of aromatic nitrogens is 2. The van der Waals surface area contributed by atoms with Crippen LogP contribution in [-0.4, -0.2) is 10.1 Å². The zero-order chi connectivity index (χ0) is 13.9. The summed E-state index contributed by atoms with van der Waals surface area (Å²) >= 11 is 3.89. The average Bonchev–Trinajstić information content (AvgIpc) is 3.10. The molecule has 102 valence electrons. The molecular formula is C14H12IN3OS. The summed E-state index contributed by atoms with van der Waals surface area (Å²) < 4.78 is 6.52. The molecule has 4 nitrogen and oxygen atoms in total. The highest BCUT2D eigenvalue weighted by Gasteiger charge is 2.15. The fourth-order valence-corrected chi connectivity index (χ4v) is 3.00. The number of hydrogen-bond donors (Lipinski definition) is 1. The van der Waals surface area contributed by atoms with Crippen LogP contribution < -0.4 is 5.32 Å². The third-order valence-corrected chi connectivity index (χ3v) is 4.30. The van der Waals surface area contributed by atoms with Gasteiger partial charge in [-0.3, -0.25) is 0 Å².